The van der Waals surface area contributed by atoms with Gasteiger partial charge in [-0.15, -0.1) is 0 Å². The van der Waals surface area contributed by atoms with Gasteiger partial charge in [0.1, 0.15) is 11.2 Å². The van der Waals surface area contributed by atoms with Crippen LogP contribution in [0.25, 0.3) is 143 Å². The number of para-hydroxylation sites is 3. The molecule has 0 radical (unpaired) electrons. The fourth-order valence-electron chi connectivity index (χ4n) is 11.0. The first-order chi connectivity index (χ1) is 34.2. The highest BCUT2D eigenvalue weighted by Gasteiger charge is 2.24. The maximum atomic E-state index is 7.16. The maximum Gasteiger partial charge on any atom is 0.167 e. The minimum atomic E-state index is 0.542. The number of aromatic nitrogens is 5. The summed E-state index contributed by atoms with van der Waals surface area (Å²) >= 11 is 0. The van der Waals surface area contributed by atoms with Gasteiger partial charge in [0.25, 0.3) is 0 Å². The van der Waals surface area contributed by atoms with Crippen molar-refractivity contribution >= 4 is 97.9 Å². The third-order valence-corrected chi connectivity index (χ3v) is 14.1. The summed E-state index contributed by atoms with van der Waals surface area (Å²) in [4.78, 5) is 15.7. The summed E-state index contributed by atoms with van der Waals surface area (Å²) in [6.07, 6.45) is 0. The van der Waals surface area contributed by atoms with E-state index < -0.39 is 0 Å². The minimum absolute atomic E-state index is 0.542. The Morgan fingerprint density at radius 1 is 0.304 bits per heavy atom. The molecule has 0 aliphatic carbocycles. The van der Waals surface area contributed by atoms with Gasteiger partial charge in [-0.05, 0) is 76.8 Å². The normalized spacial score (nSPS) is 12.1. The van der Waals surface area contributed by atoms with Crippen LogP contribution in [0.3, 0.4) is 0 Å². The lowest BCUT2D eigenvalue weighted by molar-refractivity contribution is 0.673. The predicted octanol–water partition coefficient (Wildman–Crippen LogP) is 16.4. The summed E-state index contributed by atoms with van der Waals surface area (Å²) in [5.74, 6) is 1.72. The maximum absolute atomic E-state index is 7.16. The molecule has 11 aromatic carbocycles. The first kappa shape index (κ1) is 37.8. The van der Waals surface area contributed by atoms with E-state index in [0.717, 1.165) is 88.1 Å². The highest BCUT2D eigenvalue weighted by molar-refractivity contribution is 6.24. The second-order valence-corrected chi connectivity index (χ2v) is 17.9. The van der Waals surface area contributed by atoms with Crippen LogP contribution in [0.2, 0.25) is 0 Å². The molecule has 15 rings (SSSR count). The van der Waals surface area contributed by atoms with Crippen molar-refractivity contribution < 1.29 is 4.42 Å². The van der Waals surface area contributed by atoms with Crippen LogP contribution in [0.5, 0.6) is 0 Å². The zero-order valence-electron chi connectivity index (χ0n) is 37.0. The summed E-state index contributed by atoms with van der Waals surface area (Å²) in [6.45, 7) is 0. The van der Waals surface area contributed by atoms with Gasteiger partial charge in [0.05, 0.1) is 33.3 Å². The monoisotopic (exact) mass is 879 g/mol. The molecule has 69 heavy (non-hydrogen) atoms. The van der Waals surface area contributed by atoms with Gasteiger partial charge in [0, 0.05) is 65.3 Å². The molecule has 0 fully saturated rings. The highest BCUT2D eigenvalue weighted by Crippen LogP contribution is 2.45. The molecule has 6 nitrogen and oxygen atoms in total. The second-order valence-electron chi connectivity index (χ2n) is 17.9. The van der Waals surface area contributed by atoms with E-state index in [9.17, 15) is 0 Å². The van der Waals surface area contributed by atoms with Crippen LogP contribution in [-0.2, 0) is 0 Å². The molecule has 4 aromatic heterocycles. The molecule has 0 unspecified atom stereocenters. The Labute approximate surface area is 394 Å². The Hall–Kier alpha value is -9.39. The molecule has 320 valence electrons. The van der Waals surface area contributed by atoms with Crippen molar-refractivity contribution in [2.75, 3.05) is 0 Å². The number of rotatable bonds is 5. The van der Waals surface area contributed by atoms with Crippen LogP contribution < -0.4 is 0 Å². The molecule has 15 aromatic rings. The lowest BCUT2D eigenvalue weighted by atomic mass is 10.0. The minimum Gasteiger partial charge on any atom is -0.455 e. The molecule has 6 heteroatoms. The van der Waals surface area contributed by atoms with E-state index in [1.807, 2.05) is 18.2 Å². The topological polar surface area (TPSA) is 61.7 Å². The van der Waals surface area contributed by atoms with E-state index in [1.54, 1.807) is 0 Å². The Bertz CT molecular complexity index is 4600. The predicted molar refractivity (Wildman–Crippen MR) is 285 cm³/mol. The molecule has 0 spiro atoms. The van der Waals surface area contributed by atoms with Crippen molar-refractivity contribution in [1.29, 1.82) is 0 Å². The van der Waals surface area contributed by atoms with Crippen LogP contribution in [0.15, 0.2) is 229 Å². The number of benzene rings is 11. The van der Waals surface area contributed by atoms with Crippen molar-refractivity contribution in [2.24, 2.45) is 0 Å². The number of hydrogen-bond donors (Lipinski definition) is 0. The van der Waals surface area contributed by atoms with E-state index in [1.165, 1.54) is 37.8 Å². The van der Waals surface area contributed by atoms with E-state index in [0.29, 0.717) is 17.5 Å². The Morgan fingerprint density at radius 2 is 0.913 bits per heavy atom. The molecule has 0 saturated carbocycles. The molecular formula is C63H37N5O. The van der Waals surface area contributed by atoms with E-state index in [2.05, 4.69) is 215 Å². The third-order valence-electron chi connectivity index (χ3n) is 14.1. The molecule has 0 bridgehead atoms. The second kappa shape index (κ2) is 14.6. The van der Waals surface area contributed by atoms with Crippen molar-refractivity contribution in [1.82, 2.24) is 24.1 Å². The van der Waals surface area contributed by atoms with E-state index in [-0.39, 0.29) is 0 Å². The molecular weight excluding hydrogens is 843 g/mol. The first-order valence-corrected chi connectivity index (χ1v) is 23.3. The van der Waals surface area contributed by atoms with Gasteiger partial charge in [-0.2, -0.15) is 0 Å². The zero-order valence-corrected chi connectivity index (χ0v) is 37.0. The Kier molecular flexibility index (Phi) is 7.97. The molecule has 0 N–H and O–H groups in total. The van der Waals surface area contributed by atoms with Gasteiger partial charge in [-0.25, -0.2) is 15.0 Å². The van der Waals surface area contributed by atoms with Gasteiger partial charge in [-0.1, -0.05) is 164 Å². The van der Waals surface area contributed by atoms with Crippen LogP contribution in [-0.4, -0.2) is 24.1 Å². The van der Waals surface area contributed by atoms with Crippen molar-refractivity contribution in [3.63, 3.8) is 0 Å². The average Bonchev–Trinajstić information content (AvgIpc) is 4.08. The van der Waals surface area contributed by atoms with Gasteiger partial charge in [0.15, 0.2) is 17.5 Å². The third kappa shape index (κ3) is 5.63. The smallest absolute Gasteiger partial charge is 0.167 e. The SMILES string of the molecule is c1ccc(-c2nc(-c3ccc4c(c3)c3ccccc3n4-c3ccccc3)nc(-c3cccc4c3oc3c5ccccc5c(-n5c6cc7ccccc7cc6c6ccc7ccccc7c65)cc43)n2)cc1. The van der Waals surface area contributed by atoms with Gasteiger partial charge in [-0.3, -0.25) is 0 Å². The number of hydrogen-bond acceptors (Lipinski definition) is 4. The fraction of sp³-hybridized carbons (Fsp3) is 0. The van der Waals surface area contributed by atoms with Crippen LogP contribution in [0.1, 0.15) is 0 Å². The summed E-state index contributed by atoms with van der Waals surface area (Å²) in [5, 5.41) is 13.7. The molecule has 0 amide bonds. The van der Waals surface area contributed by atoms with E-state index >= 15 is 0 Å². The number of fused-ring (bicyclic) bond motifs is 14. The molecule has 0 aliphatic heterocycles. The standard InChI is InChI=1S/C63H37N5O/c1-3-17-39(18-4-1)61-64-62(42-31-33-55-51(35-42)46-25-13-14-29-54(46)67(55)43-21-5-2-6-22-43)66-63(65-61)50-28-15-27-49-53-37-57(45-24-11-12-26-48(45)60(53)69-59(49)50)68-56-36-41-20-8-7-19-40(41)34-52(56)47-32-30-38-16-9-10-23-44(38)58(47)68/h1-37H. The first-order valence-electron chi connectivity index (χ1n) is 23.3. The number of nitrogens with zero attached hydrogens (tertiary/aromatic N) is 5. The lowest BCUT2D eigenvalue weighted by Crippen LogP contribution is -2.00. The van der Waals surface area contributed by atoms with Gasteiger partial charge >= 0.3 is 0 Å². The summed E-state index contributed by atoms with van der Waals surface area (Å²) in [7, 11) is 0. The van der Waals surface area contributed by atoms with Crippen LogP contribution in [0.4, 0.5) is 0 Å². The van der Waals surface area contributed by atoms with E-state index in [4.69, 9.17) is 19.4 Å². The fourth-order valence-corrected chi connectivity index (χ4v) is 11.0. The van der Waals surface area contributed by atoms with Gasteiger partial charge < -0.3 is 13.6 Å². The van der Waals surface area contributed by atoms with Gasteiger partial charge in [0.2, 0.25) is 0 Å². The largest absolute Gasteiger partial charge is 0.455 e. The number of furan rings is 1. The molecule has 0 saturated heterocycles. The summed E-state index contributed by atoms with van der Waals surface area (Å²) in [5.41, 5.74) is 11.0. The van der Waals surface area contributed by atoms with Crippen molar-refractivity contribution in [3.8, 4) is 45.5 Å². The quantitative estimate of drug-likeness (QED) is 0.173. The van der Waals surface area contributed by atoms with Crippen molar-refractivity contribution in [2.45, 2.75) is 0 Å². The summed E-state index contributed by atoms with van der Waals surface area (Å²) in [6, 6.07) is 79.7. The Balaban J connectivity index is 0.978. The molecule has 4 heterocycles. The molecule has 0 aliphatic rings. The zero-order chi connectivity index (χ0) is 45.2. The van der Waals surface area contributed by atoms with Crippen LogP contribution >= 0.6 is 0 Å². The Morgan fingerprint density at radius 3 is 1.74 bits per heavy atom. The highest BCUT2D eigenvalue weighted by atomic mass is 16.3. The lowest BCUT2D eigenvalue weighted by Gasteiger charge is -2.14. The van der Waals surface area contributed by atoms with Crippen LogP contribution in [0, 0.1) is 0 Å². The van der Waals surface area contributed by atoms with Crippen molar-refractivity contribution in [3.05, 3.63) is 224 Å². The summed E-state index contributed by atoms with van der Waals surface area (Å²) < 4.78 is 12.0. The average molecular weight is 880 g/mol. The molecule has 0 atom stereocenters.